The van der Waals surface area contributed by atoms with Crippen LogP contribution in [0, 0.1) is 0 Å². The number of rotatable bonds is 5. The Hall–Kier alpha value is -3.19. The third-order valence-corrected chi connectivity index (χ3v) is 5.34. The van der Waals surface area contributed by atoms with Gasteiger partial charge >= 0.3 is 0 Å². The first kappa shape index (κ1) is 16.9. The highest BCUT2D eigenvalue weighted by molar-refractivity contribution is 5.57. The molecule has 0 radical (unpaired) electrons. The highest BCUT2D eigenvalue weighted by Gasteiger charge is 2.17. The lowest BCUT2D eigenvalue weighted by Gasteiger charge is -2.28. The van der Waals surface area contributed by atoms with Crippen molar-refractivity contribution in [3.8, 4) is 11.6 Å². The molecule has 0 atom stereocenters. The van der Waals surface area contributed by atoms with Gasteiger partial charge in [-0.25, -0.2) is 9.97 Å². The molecule has 0 saturated carbocycles. The molecule has 0 aliphatic carbocycles. The van der Waals surface area contributed by atoms with Gasteiger partial charge in [-0.05, 0) is 49.1 Å². The number of aryl methyl sites for hydroxylation is 1. The Labute approximate surface area is 162 Å². The Balaban J connectivity index is 1.30. The second kappa shape index (κ2) is 7.09. The molecule has 4 heterocycles. The van der Waals surface area contributed by atoms with E-state index in [4.69, 9.17) is 10.2 Å². The highest BCUT2D eigenvalue weighted by Crippen LogP contribution is 2.21. The maximum absolute atomic E-state index is 5.99. The van der Waals surface area contributed by atoms with Gasteiger partial charge in [0.05, 0.1) is 6.26 Å². The SMILES string of the molecule is Nc1ncc(CCCN2CCc3ccccc3C2)c2nc(-c3ccco3)nn12. The zero-order valence-corrected chi connectivity index (χ0v) is 15.6. The summed E-state index contributed by atoms with van der Waals surface area (Å²) in [6.07, 6.45) is 6.47. The minimum absolute atomic E-state index is 0.330. The number of nitrogens with zero attached hydrogens (tertiary/aromatic N) is 5. The molecular weight excluding hydrogens is 352 g/mol. The fourth-order valence-electron chi connectivity index (χ4n) is 3.86. The maximum atomic E-state index is 5.99. The van der Waals surface area contributed by atoms with Gasteiger partial charge in [-0.2, -0.15) is 4.52 Å². The minimum atomic E-state index is 0.330. The van der Waals surface area contributed by atoms with Gasteiger partial charge in [-0.3, -0.25) is 4.90 Å². The van der Waals surface area contributed by atoms with Crippen LogP contribution in [-0.4, -0.2) is 37.6 Å². The van der Waals surface area contributed by atoms with Gasteiger partial charge in [0.15, 0.2) is 11.4 Å². The number of aromatic nitrogens is 4. The number of benzene rings is 1. The first-order chi connectivity index (χ1) is 13.8. The number of anilines is 1. The molecule has 5 rings (SSSR count). The predicted octanol–water partition coefficient (Wildman–Crippen LogP) is 2.96. The maximum Gasteiger partial charge on any atom is 0.223 e. The first-order valence-electron chi connectivity index (χ1n) is 9.61. The standard InChI is InChI=1S/C21H22N6O/c22-21-23-13-16(20-24-19(25-27(20)21)18-8-4-12-28-18)7-3-10-26-11-9-15-5-1-2-6-17(15)14-26/h1-2,4-6,8,12-13H,3,7,9-11,14H2,(H2,22,23). The molecule has 2 N–H and O–H groups in total. The Morgan fingerprint density at radius 1 is 1.11 bits per heavy atom. The van der Waals surface area contributed by atoms with Crippen molar-refractivity contribution >= 4 is 11.6 Å². The number of nitrogen functional groups attached to an aromatic ring is 1. The van der Waals surface area contributed by atoms with Crippen LogP contribution in [0.5, 0.6) is 0 Å². The number of fused-ring (bicyclic) bond motifs is 2. The van der Waals surface area contributed by atoms with Crippen LogP contribution in [0.3, 0.4) is 0 Å². The second-order valence-corrected chi connectivity index (χ2v) is 7.19. The van der Waals surface area contributed by atoms with E-state index in [2.05, 4.69) is 44.2 Å². The van der Waals surface area contributed by atoms with E-state index in [0.717, 1.165) is 50.1 Å². The minimum Gasteiger partial charge on any atom is -0.461 e. The predicted molar refractivity (Wildman–Crippen MR) is 107 cm³/mol. The summed E-state index contributed by atoms with van der Waals surface area (Å²) in [7, 11) is 0. The van der Waals surface area contributed by atoms with E-state index in [-0.39, 0.29) is 0 Å². The van der Waals surface area contributed by atoms with Crippen LogP contribution >= 0.6 is 0 Å². The van der Waals surface area contributed by atoms with Gasteiger partial charge in [0.25, 0.3) is 0 Å². The van der Waals surface area contributed by atoms with E-state index in [1.807, 2.05) is 18.3 Å². The van der Waals surface area contributed by atoms with Crippen molar-refractivity contribution in [2.75, 3.05) is 18.8 Å². The van der Waals surface area contributed by atoms with Crippen LogP contribution in [0.1, 0.15) is 23.1 Å². The van der Waals surface area contributed by atoms with E-state index in [1.165, 1.54) is 11.1 Å². The van der Waals surface area contributed by atoms with Crippen LogP contribution in [-0.2, 0) is 19.4 Å². The third-order valence-electron chi connectivity index (χ3n) is 5.34. The lowest BCUT2D eigenvalue weighted by Crippen LogP contribution is -2.31. The summed E-state index contributed by atoms with van der Waals surface area (Å²) >= 11 is 0. The molecule has 0 spiro atoms. The van der Waals surface area contributed by atoms with Crippen molar-refractivity contribution in [1.82, 2.24) is 24.5 Å². The number of furan rings is 1. The molecule has 1 aromatic carbocycles. The molecular formula is C21H22N6O. The van der Waals surface area contributed by atoms with Gasteiger partial charge in [-0.15, -0.1) is 5.10 Å². The molecule has 1 aliphatic rings. The number of hydrogen-bond acceptors (Lipinski definition) is 6. The molecule has 28 heavy (non-hydrogen) atoms. The van der Waals surface area contributed by atoms with Crippen LogP contribution in [0.2, 0.25) is 0 Å². The molecule has 1 aliphatic heterocycles. The van der Waals surface area contributed by atoms with E-state index in [0.29, 0.717) is 17.5 Å². The monoisotopic (exact) mass is 374 g/mol. The molecule has 0 saturated heterocycles. The van der Waals surface area contributed by atoms with Gasteiger partial charge in [0, 0.05) is 24.8 Å². The second-order valence-electron chi connectivity index (χ2n) is 7.19. The van der Waals surface area contributed by atoms with E-state index in [9.17, 15) is 0 Å². The van der Waals surface area contributed by atoms with Crippen molar-refractivity contribution in [3.63, 3.8) is 0 Å². The van der Waals surface area contributed by atoms with Crippen LogP contribution in [0.15, 0.2) is 53.3 Å². The highest BCUT2D eigenvalue weighted by atomic mass is 16.3. The number of hydrogen-bond donors (Lipinski definition) is 1. The smallest absolute Gasteiger partial charge is 0.223 e. The van der Waals surface area contributed by atoms with Gasteiger partial charge in [-0.1, -0.05) is 24.3 Å². The summed E-state index contributed by atoms with van der Waals surface area (Å²) in [5, 5.41) is 4.45. The fraction of sp³-hybridized carbons (Fsp3) is 0.286. The van der Waals surface area contributed by atoms with Crippen LogP contribution < -0.4 is 5.73 Å². The van der Waals surface area contributed by atoms with Gasteiger partial charge in [0.2, 0.25) is 11.8 Å². The molecule has 7 heteroatoms. The summed E-state index contributed by atoms with van der Waals surface area (Å²) in [5.74, 6) is 1.48. The zero-order valence-electron chi connectivity index (χ0n) is 15.6. The van der Waals surface area contributed by atoms with Crippen molar-refractivity contribution in [2.45, 2.75) is 25.8 Å². The van der Waals surface area contributed by atoms with E-state index in [1.54, 1.807) is 10.8 Å². The van der Waals surface area contributed by atoms with E-state index >= 15 is 0 Å². The molecule has 4 aromatic rings. The topological polar surface area (TPSA) is 85.5 Å². The van der Waals surface area contributed by atoms with Crippen molar-refractivity contribution < 1.29 is 4.42 Å². The van der Waals surface area contributed by atoms with Crippen LogP contribution in [0.25, 0.3) is 17.2 Å². The summed E-state index contributed by atoms with van der Waals surface area (Å²) in [6.45, 7) is 3.18. The van der Waals surface area contributed by atoms with Crippen LogP contribution in [0.4, 0.5) is 5.95 Å². The average Bonchev–Trinajstić information content (AvgIpc) is 3.40. The molecule has 0 unspecified atom stereocenters. The Bertz CT molecular complexity index is 1100. The zero-order chi connectivity index (χ0) is 18.9. The molecule has 0 amide bonds. The first-order valence-corrected chi connectivity index (χ1v) is 9.61. The summed E-state index contributed by atoms with van der Waals surface area (Å²) in [6, 6.07) is 12.4. The Morgan fingerprint density at radius 3 is 2.86 bits per heavy atom. The Morgan fingerprint density at radius 2 is 2.00 bits per heavy atom. The lowest BCUT2D eigenvalue weighted by molar-refractivity contribution is 0.251. The van der Waals surface area contributed by atoms with Gasteiger partial charge in [0.1, 0.15) is 0 Å². The van der Waals surface area contributed by atoms with E-state index < -0.39 is 0 Å². The van der Waals surface area contributed by atoms with Crippen molar-refractivity contribution in [1.29, 1.82) is 0 Å². The summed E-state index contributed by atoms with van der Waals surface area (Å²) in [4.78, 5) is 11.4. The largest absolute Gasteiger partial charge is 0.461 e. The average molecular weight is 374 g/mol. The van der Waals surface area contributed by atoms with Crippen molar-refractivity contribution in [3.05, 3.63) is 65.5 Å². The molecule has 7 nitrogen and oxygen atoms in total. The van der Waals surface area contributed by atoms with Crippen molar-refractivity contribution in [2.24, 2.45) is 0 Å². The molecule has 0 bridgehead atoms. The third kappa shape index (κ3) is 3.14. The quantitative estimate of drug-likeness (QED) is 0.578. The molecule has 142 valence electrons. The lowest BCUT2D eigenvalue weighted by atomic mass is 9.99. The molecule has 0 fully saturated rings. The fourth-order valence-corrected chi connectivity index (χ4v) is 3.86. The number of nitrogens with two attached hydrogens (primary N) is 1. The molecule has 3 aromatic heterocycles. The normalized spacial score (nSPS) is 14.4. The summed E-state index contributed by atoms with van der Waals surface area (Å²) < 4.78 is 7.01. The summed E-state index contributed by atoms with van der Waals surface area (Å²) in [5.41, 5.74) is 10.7. The van der Waals surface area contributed by atoms with Gasteiger partial charge < -0.3 is 10.2 Å². The Kier molecular flexibility index (Phi) is 4.29.